The minimum Gasteiger partial charge on any atom is -0.484 e. The van der Waals surface area contributed by atoms with E-state index in [9.17, 15) is 4.79 Å². The summed E-state index contributed by atoms with van der Waals surface area (Å²) >= 11 is 5.98. The van der Waals surface area contributed by atoms with Gasteiger partial charge in [0.05, 0.1) is 0 Å². The predicted molar refractivity (Wildman–Crippen MR) is 103 cm³/mol. The van der Waals surface area contributed by atoms with Crippen molar-refractivity contribution in [2.24, 2.45) is 5.92 Å². The molecule has 0 radical (unpaired) electrons. The van der Waals surface area contributed by atoms with Gasteiger partial charge in [0, 0.05) is 29.5 Å². The highest BCUT2D eigenvalue weighted by Crippen LogP contribution is 2.25. The molecule has 0 saturated carbocycles. The Bertz CT molecular complexity index is 746. The van der Waals surface area contributed by atoms with Crippen LogP contribution in [-0.2, 0) is 4.79 Å². The van der Waals surface area contributed by atoms with Gasteiger partial charge in [-0.15, -0.1) is 0 Å². The van der Waals surface area contributed by atoms with Gasteiger partial charge in [-0.05, 0) is 67.3 Å². The Morgan fingerprint density at radius 3 is 2.68 bits per heavy atom. The molecular formula is C20H23ClN2O2. The van der Waals surface area contributed by atoms with Gasteiger partial charge in [-0.2, -0.15) is 0 Å². The molecule has 1 aliphatic rings. The van der Waals surface area contributed by atoms with Crippen LogP contribution in [0.2, 0.25) is 5.02 Å². The summed E-state index contributed by atoms with van der Waals surface area (Å²) in [6, 6.07) is 13.3. The van der Waals surface area contributed by atoms with Crippen LogP contribution in [0.4, 0.5) is 11.4 Å². The van der Waals surface area contributed by atoms with E-state index in [1.54, 1.807) is 12.1 Å². The molecule has 25 heavy (non-hydrogen) atoms. The molecule has 0 aromatic heterocycles. The molecule has 2 aromatic carbocycles. The Hall–Kier alpha value is -2.20. The van der Waals surface area contributed by atoms with Crippen molar-refractivity contribution in [2.75, 3.05) is 29.9 Å². The maximum Gasteiger partial charge on any atom is 0.262 e. The van der Waals surface area contributed by atoms with E-state index in [2.05, 4.69) is 29.3 Å². The maximum atomic E-state index is 12.0. The van der Waals surface area contributed by atoms with Crippen LogP contribution >= 0.6 is 11.6 Å². The number of carbonyl (C=O) groups is 1. The third kappa shape index (κ3) is 4.67. The van der Waals surface area contributed by atoms with Crippen LogP contribution in [0.1, 0.15) is 18.9 Å². The maximum absolute atomic E-state index is 12.0. The average molecular weight is 359 g/mol. The lowest BCUT2D eigenvalue weighted by molar-refractivity contribution is -0.118. The first-order valence-electron chi connectivity index (χ1n) is 8.55. The molecule has 0 aliphatic carbocycles. The smallest absolute Gasteiger partial charge is 0.262 e. The summed E-state index contributed by atoms with van der Waals surface area (Å²) in [6.45, 7) is 6.34. The summed E-state index contributed by atoms with van der Waals surface area (Å²) in [5, 5.41) is 3.54. The minimum atomic E-state index is -0.185. The zero-order chi connectivity index (χ0) is 17.8. The molecule has 1 aliphatic heterocycles. The largest absolute Gasteiger partial charge is 0.484 e. The van der Waals surface area contributed by atoms with Crippen LogP contribution in [0.3, 0.4) is 0 Å². The minimum absolute atomic E-state index is 0.0353. The molecule has 0 bridgehead atoms. The highest BCUT2D eigenvalue weighted by Gasteiger charge is 2.18. The van der Waals surface area contributed by atoms with E-state index in [1.165, 1.54) is 12.1 Å². The molecule has 2 aromatic rings. The summed E-state index contributed by atoms with van der Waals surface area (Å²) < 4.78 is 5.51. The van der Waals surface area contributed by atoms with Crippen molar-refractivity contribution < 1.29 is 9.53 Å². The lowest BCUT2D eigenvalue weighted by atomic mass is 10.2. The number of ether oxygens (including phenoxy) is 1. The molecule has 5 heteroatoms. The van der Waals surface area contributed by atoms with Gasteiger partial charge in [-0.1, -0.05) is 18.5 Å². The van der Waals surface area contributed by atoms with E-state index in [0.717, 1.165) is 30.3 Å². The summed E-state index contributed by atoms with van der Waals surface area (Å²) in [5.41, 5.74) is 2.90. The Morgan fingerprint density at radius 2 is 2.04 bits per heavy atom. The van der Waals surface area contributed by atoms with Crippen LogP contribution in [0.5, 0.6) is 5.75 Å². The zero-order valence-electron chi connectivity index (χ0n) is 14.6. The second-order valence-electron chi connectivity index (χ2n) is 6.63. The van der Waals surface area contributed by atoms with Crippen molar-refractivity contribution in [1.82, 2.24) is 0 Å². The molecule has 1 saturated heterocycles. The van der Waals surface area contributed by atoms with Crippen LogP contribution in [0.15, 0.2) is 42.5 Å². The van der Waals surface area contributed by atoms with Crippen molar-refractivity contribution in [3.63, 3.8) is 0 Å². The van der Waals surface area contributed by atoms with E-state index in [-0.39, 0.29) is 12.5 Å². The molecule has 1 heterocycles. The number of carbonyl (C=O) groups excluding carboxylic acids is 1. The van der Waals surface area contributed by atoms with E-state index in [4.69, 9.17) is 16.3 Å². The van der Waals surface area contributed by atoms with Crippen molar-refractivity contribution in [2.45, 2.75) is 20.3 Å². The van der Waals surface area contributed by atoms with E-state index in [1.807, 2.05) is 25.1 Å². The van der Waals surface area contributed by atoms with Crippen molar-refractivity contribution in [1.29, 1.82) is 0 Å². The fraction of sp³-hybridized carbons (Fsp3) is 0.350. The Balaban J connectivity index is 1.51. The second kappa shape index (κ2) is 7.79. The molecule has 1 unspecified atom stereocenters. The Morgan fingerprint density at radius 1 is 1.28 bits per heavy atom. The number of halogens is 1. The predicted octanol–water partition coefficient (Wildman–Crippen LogP) is 4.51. The molecule has 1 N–H and O–H groups in total. The standard InChI is InChI=1S/C20H23ClN2O2/c1-14-9-10-23(12-14)17-5-3-16(4-6-17)22-20(24)13-25-18-7-8-19(21)15(2)11-18/h3-8,11,14H,9-10,12-13H2,1-2H3,(H,22,24). The molecule has 132 valence electrons. The summed E-state index contributed by atoms with van der Waals surface area (Å²) in [4.78, 5) is 14.4. The molecule has 3 rings (SSSR count). The highest BCUT2D eigenvalue weighted by atomic mass is 35.5. The van der Waals surface area contributed by atoms with Crippen molar-refractivity contribution in [3.05, 3.63) is 53.1 Å². The van der Waals surface area contributed by atoms with E-state index >= 15 is 0 Å². The molecule has 0 spiro atoms. The number of rotatable bonds is 5. The molecule has 1 atom stereocenters. The summed E-state index contributed by atoms with van der Waals surface area (Å²) in [6.07, 6.45) is 1.24. The van der Waals surface area contributed by atoms with Gasteiger partial charge in [-0.25, -0.2) is 0 Å². The SMILES string of the molecule is Cc1cc(OCC(=O)Nc2ccc(N3CCC(C)C3)cc2)ccc1Cl. The number of nitrogens with one attached hydrogen (secondary N) is 1. The van der Waals surface area contributed by atoms with Crippen molar-refractivity contribution >= 4 is 28.9 Å². The van der Waals surface area contributed by atoms with Crippen molar-refractivity contribution in [3.8, 4) is 5.75 Å². The third-order valence-corrected chi connectivity index (χ3v) is 4.86. The average Bonchev–Trinajstić information content (AvgIpc) is 3.03. The second-order valence-corrected chi connectivity index (χ2v) is 7.04. The number of amides is 1. The monoisotopic (exact) mass is 358 g/mol. The van der Waals surface area contributed by atoms with E-state index in [0.29, 0.717) is 10.8 Å². The van der Waals surface area contributed by atoms with Crippen LogP contribution < -0.4 is 15.0 Å². The number of benzene rings is 2. The van der Waals surface area contributed by atoms with Gasteiger partial charge in [0.25, 0.3) is 5.91 Å². The van der Waals surface area contributed by atoms with Gasteiger partial charge < -0.3 is 15.0 Å². The Labute approximate surface area is 153 Å². The summed E-state index contributed by atoms with van der Waals surface area (Å²) in [5.74, 6) is 1.19. The van der Waals surface area contributed by atoms with E-state index < -0.39 is 0 Å². The number of aryl methyl sites for hydroxylation is 1. The molecule has 4 nitrogen and oxygen atoms in total. The first-order chi connectivity index (χ1) is 12.0. The summed E-state index contributed by atoms with van der Waals surface area (Å²) in [7, 11) is 0. The van der Waals surface area contributed by atoms with Crippen LogP contribution in [0, 0.1) is 12.8 Å². The first-order valence-corrected chi connectivity index (χ1v) is 8.93. The number of hydrogen-bond donors (Lipinski definition) is 1. The van der Waals surface area contributed by atoms with Crippen LogP contribution in [-0.4, -0.2) is 25.6 Å². The van der Waals surface area contributed by atoms with Gasteiger partial charge in [0.1, 0.15) is 5.75 Å². The lowest BCUT2D eigenvalue weighted by Gasteiger charge is -2.18. The number of nitrogens with zero attached hydrogens (tertiary/aromatic N) is 1. The number of hydrogen-bond acceptors (Lipinski definition) is 3. The quantitative estimate of drug-likeness (QED) is 0.854. The molecular weight excluding hydrogens is 336 g/mol. The Kier molecular flexibility index (Phi) is 5.49. The number of anilines is 2. The first kappa shape index (κ1) is 17.6. The van der Waals surface area contributed by atoms with Gasteiger partial charge >= 0.3 is 0 Å². The van der Waals surface area contributed by atoms with Gasteiger partial charge in [0.2, 0.25) is 0 Å². The van der Waals surface area contributed by atoms with Gasteiger partial charge in [0.15, 0.2) is 6.61 Å². The molecule has 1 amide bonds. The molecule has 1 fully saturated rings. The third-order valence-electron chi connectivity index (χ3n) is 4.44. The van der Waals surface area contributed by atoms with Crippen LogP contribution in [0.25, 0.3) is 0 Å². The normalized spacial score (nSPS) is 16.8. The topological polar surface area (TPSA) is 41.6 Å². The fourth-order valence-electron chi connectivity index (χ4n) is 2.98. The lowest BCUT2D eigenvalue weighted by Crippen LogP contribution is -2.21. The fourth-order valence-corrected chi connectivity index (χ4v) is 3.10. The van der Waals surface area contributed by atoms with Gasteiger partial charge in [-0.3, -0.25) is 4.79 Å². The highest BCUT2D eigenvalue weighted by molar-refractivity contribution is 6.31. The zero-order valence-corrected chi connectivity index (χ0v) is 15.3.